The molecule has 0 spiro atoms. The van der Waals surface area contributed by atoms with E-state index in [0.717, 1.165) is 17.1 Å². The Morgan fingerprint density at radius 1 is 1.20 bits per heavy atom. The Balaban J connectivity index is 1.61. The van der Waals surface area contributed by atoms with Gasteiger partial charge in [0.2, 0.25) is 0 Å². The van der Waals surface area contributed by atoms with Crippen LogP contribution in [0.2, 0.25) is 5.02 Å². The zero-order chi connectivity index (χ0) is 17.6. The van der Waals surface area contributed by atoms with Crippen LogP contribution in [0.15, 0.2) is 60.9 Å². The van der Waals surface area contributed by atoms with Gasteiger partial charge >= 0.3 is 0 Å². The van der Waals surface area contributed by atoms with Crippen LogP contribution in [-0.2, 0) is 11.3 Å². The minimum atomic E-state index is -0.211. The first-order valence-corrected chi connectivity index (χ1v) is 8.25. The number of carbonyl (C=O) groups is 1. The summed E-state index contributed by atoms with van der Waals surface area (Å²) >= 11 is 6.01. The predicted octanol–water partition coefficient (Wildman–Crippen LogP) is 3.53. The molecule has 0 aliphatic carbocycles. The Kier molecular flexibility index (Phi) is 5.36. The van der Waals surface area contributed by atoms with Crippen LogP contribution in [-0.4, -0.2) is 22.1 Å². The number of aromatic nitrogens is 2. The first-order valence-electron chi connectivity index (χ1n) is 7.87. The van der Waals surface area contributed by atoms with Crippen molar-refractivity contribution < 1.29 is 9.53 Å². The maximum atomic E-state index is 12.1. The van der Waals surface area contributed by atoms with Gasteiger partial charge in [-0.3, -0.25) is 4.79 Å². The molecule has 0 fully saturated rings. The third-order valence-electron chi connectivity index (χ3n) is 3.75. The number of rotatable bonds is 6. The Morgan fingerprint density at radius 2 is 1.96 bits per heavy atom. The molecule has 1 amide bonds. The van der Waals surface area contributed by atoms with Gasteiger partial charge in [0.25, 0.3) is 5.91 Å². The molecule has 0 saturated carbocycles. The number of benzene rings is 2. The van der Waals surface area contributed by atoms with Crippen LogP contribution in [0.4, 0.5) is 0 Å². The van der Waals surface area contributed by atoms with E-state index >= 15 is 0 Å². The van der Waals surface area contributed by atoms with Gasteiger partial charge in [0.05, 0.1) is 10.7 Å². The van der Waals surface area contributed by atoms with E-state index in [1.807, 2.05) is 54.1 Å². The molecule has 3 rings (SSSR count). The van der Waals surface area contributed by atoms with Gasteiger partial charge in [-0.05, 0) is 30.7 Å². The number of halogens is 1. The summed E-state index contributed by atoms with van der Waals surface area (Å²) in [5, 5.41) is 3.35. The number of carbonyl (C=O) groups excluding carboxylic acids is 1. The quantitative estimate of drug-likeness (QED) is 0.736. The lowest BCUT2D eigenvalue weighted by Gasteiger charge is -2.13. The number of imidazole rings is 1. The third-order valence-corrected chi connectivity index (χ3v) is 4.06. The molecular formula is C19H18ClN3O2. The Hall–Kier alpha value is -2.79. The predicted molar refractivity (Wildman–Crippen MR) is 97.1 cm³/mol. The number of hydrogen-bond acceptors (Lipinski definition) is 3. The molecule has 3 aromatic rings. The van der Waals surface area contributed by atoms with E-state index in [0.29, 0.717) is 17.3 Å². The monoisotopic (exact) mass is 355 g/mol. The minimum Gasteiger partial charge on any atom is -0.482 e. The van der Waals surface area contributed by atoms with E-state index < -0.39 is 0 Å². The summed E-state index contributed by atoms with van der Waals surface area (Å²) in [6.07, 6.45) is 3.65. The SMILES string of the molecule is Cc1nccn1-c1ccccc1CNC(=O)COc1ccccc1Cl. The fraction of sp³-hybridized carbons (Fsp3) is 0.158. The first kappa shape index (κ1) is 17.0. The second-order valence-corrected chi connectivity index (χ2v) is 5.88. The number of nitrogens with zero attached hydrogens (tertiary/aromatic N) is 2. The molecule has 5 nitrogen and oxygen atoms in total. The zero-order valence-electron chi connectivity index (χ0n) is 13.8. The number of amides is 1. The van der Waals surface area contributed by atoms with Crippen LogP contribution in [0.5, 0.6) is 5.75 Å². The fourth-order valence-electron chi connectivity index (χ4n) is 2.48. The van der Waals surface area contributed by atoms with Crippen LogP contribution in [0.3, 0.4) is 0 Å². The van der Waals surface area contributed by atoms with Crippen LogP contribution >= 0.6 is 11.6 Å². The highest BCUT2D eigenvalue weighted by molar-refractivity contribution is 6.32. The van der Waals surface area contributed by atoms with Crippen LogP contribution < -0.4 is 10.1 Å². The standard InChI is InChI=1S/C19H18ClN3O2/c1-14-21-10-11-23(14)17-8-4-2-6-15(17)12-22-19(24)13-25-18-9-5-3-7-16(18)20/h2-11H,12-13H2,1H3,(H,22,24). The normalized spacial score (nSPS) is 10.5. The average Bonchev–Trinajstić information content (AvgIpc) is 3.05. The highest BCUT2D eigenvalue weighted by atomic mass is 35.5. The maximum Gasteiger partial charge on any atom is 0.258 e. The first-order chi connectivity index (χ1) is 12.1. The Bertz CT molecular complexity index is 876. The summed E-state index contributed by atoms with van der Waals surface area (Å²) in [5.74, 6) is 1.17. The van der Waals surface area contributed by atoms with Crippen LogP contribution in [0.1, 0.15) is 11.4 Å². The molecule has 0 aliphatic heterocycles. The largest absolute Gasteiger partial charge is 0.482 e. The molecule has 128 valence electrons. The van der Waals surface area contributed by atoms with Crippen molar-refractivity contribution in [2.45, 2.75) is 13.5 Å². The molecule has 0 saturated heterocycles. The van der Waals surface area contributed by atoms with Crippen molar-refractivity contribution in [1.29, 1.82) is 0 Å². The highest BCUT2D eigenvalue weighted by Gasteiger charge is 2.09. The van der Waals surface area contributed by atoms with Gasteiger partial charge in [0, 0.05) is 18.9 Å². The molecule has 0 unspecified atom stereocenters. The summed E-state index contributed by atoms with van der Waals surface area (Å²) in [5.41, 5.74) is 1.99. The number of nitrogens with one attached hydrogen (secondary N) is 1. The summed E-state index contributed by atoms with van der Waals surface area (Å²) in [4.78, 5) is 16.3. The molecular weight excluding hydrogens is 338 g/mol. The lowest BCUT2D eigenvalue weighted by atomic mass is 10.1. The van der Waals surface area contributed by atoms with E-state index in [9.17, 15) is 4.79 Å². The van der Waals surface area contributed by atoms with Crippen molar-refractivity contribution in [3.8, 4) is 11.4 Å². The van der Waals surface area contributed by atoms with E-state index in [2.05, 4.69) is 10.3 Å². The average molecular weight is 356 g/mol. The number of ether oxygens (including phenoxy) is 1. The van der Waals surface area contributed by atoms with Crippen molar-refractivity contribution in [1.82, 2.24) is 14.9 Å². The van der Waals surface area contributed by atoms with Gasteiger partial charge in [0.15, 0.2) is 6.61 Å². The van der Waals surface area contributed by atoms with E-state index in [1.165, 1.54) is 0 Å². The molecule has 1 heterocycles. The van der Waals surface area contributed by atoms with Crippen LogP contribution in [0, 0.1) is 6.92 Å². The number of hydrogen-bond donors (Lipinski definition) is 1. The zero-order valence-corrected chi connectivity index (χ0v) is 14.5. The topological polar surface area (TPSA) is 56.2 Å². The highest BCUT2D eigenvalue weighted by Crippen LogP contribution is 2.22. The minimum absolute atomic E-state index is 0.0873. The van der Waals surface area contributed by atoms with E-state index in [-0.39, 0.29) is 12.5 Å². The van der Waals surface area contributed by atoms with Gasteiger partial charge in [-0.15, -0.1) is 0 Å². The molecule has 1 N–H and O–H groups in total. The second kappa shape index (κ2) is 7.85. The summed E-state index contributed by atoms with van der Waals surface area (Å²) in [6, 6.07) is 14.9. The van der Waals surface area contributed by atoms with Crippen LogP contribution in [0.25, 0.3) is 5.69 Å². The Labute approximate surface area is 151 Å². The molecule has 0 atom stereocenters. The molecule has 0 aliphatic rings. The van der Waals surface area contributed by atoms with Crippen molar-refractivity contribution in [2.24, 2.45) is 0 Å². The molecule has 0 bridgehead atoms. The van der Waals surface area contributed by atoms with Gasteiger partial charge in [0.1, 0.15) is 11.6 Å². The number of para-hydroxylation sites is 2. The number of aryl methyl sites for hydroxylation is 1. The van der Waals surface area contributed by atoms with Crippen molar-refractivity contribution in [3.05, 3.63) is 77.3 Å². The molecule has 0 radical (unpaired) electrons. The van der Waals surface area contributed by atoms with Gasteiger partial charge in [-0.25, -0.2) is 4.98 Å². The van der Waals surface area contributed by atoms with Crippen molar-refractivity contribution >= 4 is 17.5 Å². The van der Waals surface area contributed by atoms with Gasteiger partial charge in [-0.2, -0.15) is 0 Å². The molecule has 25 heavy (non-hydrogen) atoms. The second-order valence-electron chi connectivity index (χ2n) is 5.47. The van der Waals surface area contributed by atoms with E-state index in [1.54, 1.807) is 18.3 Å². The summed E-state index contributed by atoms with van der Waals surface area (Å²) in [7, 11) is 0. The van der Waals surface area contributed by atoms with Crippen molar-refractivity contribution in [2.75, 3.05) is 6.61 Å². The molecule has 1 aromatic heterocycles. The van der Waals surface area contributed by atoms with E-state index in [4.69, 9.17) is 16.3 Å². The third kappa shape index (κ3) is 4.19. The smallest absolute Gasteiger partial charge is 0.258 e. The van der Waals surface area contributed by atoms with Gasteiger partial charge in [-0.1, -0.05) is 41.9 Å². The summed E-state index contributed by atoms with van der Waals surface area (Å²) < 4.78 is 7.44. The molecule has 2 aromatic carbocycles. The Morgan fingerprint density at radius 3 is 2.72 bits per heavy atom. The molecule has 6 heteroatoms. The van der Waals surface area contributed by atoms with Gasteiger partial charge < -0.3 is 14.6 Å². The fourth-order valence-corrected chi connectivity index (χ4v) is 2.67. The van der Waals surface area contributed by atoms with Crippen molar-refractivity contribution in [3.63, 3.8) is 0 Å². The summed E-state index contributed by atoms with van der Waals surface area (Å²) in [6.45, 7) is 2.25. The lowest BCUT2D eigenvalue weighted by Crippen LogP contribution is -2.28. The lowest BCUT2D eigenvalue weighted by molar-refractivity contribution is -0.123. The maximum absolute atomic E-state index is 12.1.